The second-order valence-corrected chi connectivity index (χ2v) is 8.49. The first-order valence-electron chi connectivity index (χ1n) is 7.52. The summed E-state index contributed by atoms with van der Waals surface area (Å²) in [5, 5.41) is 0. The van der Waals surface area contributed by atoms with Crippen LogP contribution in [0.15, 0.2) is 30.3 Å². The molecule has 0 amide bonds. The van der Waals surface area contributed by atoms with Crippen LogP contribution in [0.3, 0.4) is 0 Å². The highest BCUT2D eigenvalue weighted by molar-refractivity contribution is 8.07. The number of hydrogen-bond donors (Lipinski definition) is 0. The highest BCUT2D eigenvalue weighted by atomic mass is 32.5. The maximum Gasteiger partial charge on any atom is 0.327 e. The van der Waals surface area contributed by atoms with Gasteiger partial charge < -0.3 is 23.4 Å². The van der Waals surface area contributed by atoms with E-state index < -0.39 is 6.72 Å². The molecule has 2 rings (SSSR count). The van der Waals surface area contributed by atoms with Crippen LogP contribution in [-0.2, 0) is 32.0 Å². The molecule has 1 aliphatic rings. The van der Waals surface area contributed by atoms with Gasteiger partial charge in [0.25, 0.3) is 0 Å². The van der Waals surface area contributed by atoms with Crippen LogP contribution in [0, 0.1) is 0 Å². The lowest BCUT2D eigenvalue weighted by Crippen LogP contribution is -2.33. The molecule has 0 bridgehead atoms. The monoisotopic (exact) mass is 344 g/mol. The summed E-state index contributed by atoms with van der Waals surface area (Å²) in [6.45, 7) is 2.46. The molecule has 0 atom stereocenters. The van der Waals surface area contributed by atoms with Crippen molar-refractivity contribution < 1.29 is 13.6 Å². The summed E-state index contributed by atoms with van der Waals surface area (Å²) in [7, 11) is 4.18. The standard InChI is InChI=1S/C15H25N2O3PS/c1-16-8-9-17(2)11-13-19-21(22,18-12-10-16)20-14-15-6-4-3-5-7-15/h3-7H,8-14H2,1-2H3. The molecule has 124 valence electrons. The van der Waals surface area contributed by atoms with E-state index in [1.165, 1.54) is 0 Å². The third-order valence-electron chi connectivity index (χ3n) is 3.54. The van der Waals surface area contributed by atoms with Crippen molar-refractivity contribution >= 4 is 18.5 Å². The summed E-state index contributed by atoms with van der Waals surface area (Å²) in [6, 6.07) is 9.96. The molecule has 1 aliphatic heterocycles. The van der Waals surface area contributed by atoms with Crippen LogP contribution in [0.5, 0.6) is 0 Å². The Balaban J connectivity index is 1.94. The predicted molar refractivity (Wildman–Crippen MR) is 92.4 cm³/mol. The maximum atomic E-state index is 5.84. The number of hydrogen-bond acceptors (Lipinski definition) is 6. The van der Waals surface area contributed by atoms with Gasteiger partial charge in [0, 0.05) is 26.2 Å². The summed E-state index contributed by atoms with van der Waals surface area (Å²) in [5.74, 6) is 0. The molecule has 0 N–H and O–H groups in total. The quantitative estimate of drug-likeness (QED) is 0.783. The van der Waals surface area contributed by atoms with Crippen molar-refractivity contribution in [2.45, 2.75) is 6.61 Å². The van der Waals surface area contributed by atoms with Gasteiger partial charge in [-0.1, -0.05) is 30.3 Å². The molecule has 7 heteroatoms. The molecule has 1 heterocycles. The van der Waals surface area contributed by atoms with E-state index in [1.54, 1.807) is 0 Å². The first-order valence-corrected chi connectivity index (χ1v) is 10.1. The Bertz CT molecular complexity index is 469. The fraction of sp³-hybridized carbons (Fsp3) is 0.600. The minimum atomic E-state index is -2.69. The zero-order valence-corrected chi connectivity index (χ0v) is 15.0. The van der Waals surface area contributed by atoms with Crippen molar-refractivity contribution in [1.29, 1.82) is 0 Å². The van der Waals surface area contributed by atoms with Crippen LogP contribution in [-0.4, -0.2) is 63.3 Å². The van der Waals surface area contributed by atoms with E-state index in [0.717, 1.165) is 31.7 Å². The molecule has 0 unspecified atom stereocenters. The number of nitrogens with zero attached hydrogens (tertiary/aromatic N) is 2. The Morgan fingerprint density at radius 2 is 1.55 bits per heavy atom. The van der Waals surface area contributed by atoms with Crippen LogP contribution in [0.25, 0.3) is 0 Å². The highest BCUT2D eigenvalue weighted by Gasteiger charge is 2.22. The second kappa shape index (κ2) is 9.08. The number of likely N-dealkylation sites (N-methyl/N-ethyl adjacent to an activating group) is 2. The summed E-state index contributed by atoms with van der Waals surface area (Å²) in [4.78, 5) is 4.47. The fourth-order valence-electron chi connectivity index (χ4n) is 2.02. The zero-order valence-electron chi connectivity index (χ0n) is 13.3. The SMILES string of the molecule is CN1CCOP(=S)(OCc2ccccc2)OCCN(C)CC1. The molecule has 1 aromatic carbocycles. The van der Waals surface area contributed by atoms with Crippen molar-refractivity contribution in [3.63, 3.8) is 0 Å². The smallest absolute Gasteiger partial charge is 0.307 e. The molecular weight excluding hydrogens is 319 g/mol. The molecule has 1 saturated heterocycles. The minimum Gasteiger partial charge on any atom is -0.307 e. The molecule has 1 fully saturated rings. The predicted octanol–water partition coefficient (Wildman–Crippen LogP) is 2.34. The lowest BCUT2D eigenvalue weighted by molar-refractivity contribution is 0.141. The Hall–Kier alpha value is -0.330. The Morgan fingerprint density at radius 1 is 1.00 bits per heavy atom. The average molecular weight is 344 g/mol. The molecule has 0 aliphatic carbocycles. The van der Waals surface area contributed by atoms with E-state index >= 15 is 0 Å². The van der Waals surface area contributed by atoms with Crippen molar-refractivity contribution in [2.24, 2.45) is 0 Å². The summed E-state index contributed by atoms with van der Waals surface area (Å²) in [5.41, 5.74) is 1.07. The molecule has 0 spiro atoms. The maximum absolute atomic E-state index is 5.84. The molecule has 22 heavy (non-hydrogen) atoms. The minimum absolute atomic E-state index is 0.420. The summed E-state index contributed by atoms with van der Waals surface area (Å²) < 4.78 is 17.5. The largest absolute Gasteiger partial charge is 0.327 e. The zero-order chi connectivity index (χ0) is 15.8. The first-order chi connectivity index (χ1) is 10.6. The van der Waals surface area contributed by atoms with Gasteiger partial charge >= 0.3 is 6.72 Å². The summed E-state index contributed by atoms with van der Waals surface area (Å²) >= 11 is 5.53. The van der Waals surface area contributed by atoms with Gasteiger partial charge in [-0.2, -0.15) is 0 Å². The van der Waals surface area contributed by atoms with Crippen molar-refractivity contribution in [1.82, 2.24) is 9.80 Å². The van der Waals surface area contributed by atoms with Crippen LogP contribution in [0.1, 0.15) is 5.56 Å². The van der Waals surface area contributed by atoms with E-state index in [4.69, 9.17) is 25.4 Å². The van der Waals surface area contributed by atoms with Gasteiger partial charge in [0.05, 0.1) is 19.8 Å². The Morgan fingerprint density at radius 3 is 2.09 bits per heavy atom. The van der Waals surface area contributed by atoms with E-state index in [9.17, 15) is 0 Å². The molecule has 5 nitrogen and oxygen atoms in total. The van der Waals surface area contributed by atoms with Gasteiger partial charge in [0.2, 0.25) is 0 Å². The number of rotatable bonds is 3. The van der Waals surface area contributed by atoms with E-state index in [0.29, 0.717) is 19.8 Å². The van der Waals surface area contributed by atoms with E-state index in [-0.39, 0.29) is 0 Å². The van der Waals surface area contributed by atoms with Crippen LogP contribution < -0.4 is 0 Å². The highest BCUT2D eigenvalue weighted by Crippen LogP contribution is 2.50. The normalized spacial score (nSPS) is 22.1. The number of benzene rings is 1. The third-order valence-corrected chi connectivity index (χ3v) is 5.93. The van der Waals surface area contributed by atoms with Gasteiger partial charge in [0.1, 0.15) is 0 Å². The van der Waals surface area contributed by atoms with E-state index in [2.05, 4.69) is 23.9 Å². The lowest BCUT2D eigenvalue weighted by atomic mass is 10.2. The topological polar surface area (TPSA) is 34.2 Å². The average Bonchev–Trinajstić information content (AvgIpc) is 2.54. The van der Waals surface area contributed by atoms with Crippen LogP contribution in [0.4, 0.5) is 0 Å². The molecule has 0 saturated carbocycles. The lowest BCUT2D eigenvalue weighted by Gasteiger charge is -2.22. The van der Waals surface area contributed by atoms with Gasteiger partial charge in [-0.05, 0) is 31.5 Å². The Kier molecular flexibility index (Phi) is 7.44. The molecule has 0 radical (unpaired) electrons. The summed E-state index contributed by atoms with van der Waals surface area (Å²) in [6.07, 6.45) is 0. The van der Waals surface area contributed by atoms with Gasteiger partial charge in [-0.15, -0.1) is 0 Å². The Labute approximate surface area is 138 Å². The van der Waals surface area contributed by atoms with Crippen LogP contribution >= 0.6 is 6.72 Å². The van der Waals surface area contributed by atoms with Crippen molar-refractivity contribution in [2.75, 3.05) is 53.5 Å². The second-order valence-electron chi connectivity index (χ2n) is 5.48. The third kappa shape index (κ3) is 6.42. The van der Waals surface area contributed by atoms with Gasteiger partial charge in [-0.25, -0.2) is 0 Å². The van der Waals surface area contributed by atoms with Gasteiger partial charge in [-0.3, -0.25) is 0 Å². The van der Waals surface area contributed by atoms with Crippen molar-refractivity contribution in [3.05, 3.63) is 35.9 Å². The van der Waals surface area contributed by atoms with Gasteiger partial charge in [0.15, 0.2) is 0 Å². The first kappa shape index (κ1) is 18.0. The molecule has 1 aromatic rings. The van der Waals surface area contributed by atoms with Crippen molar-refractivity contribution in [3.8, 4) is 0 Å². The molecular formula is C15H25N2O3PS. The molecule has 0 aromatic heterocycles. The van der Waals surface area contributed by atoms with Crippen LogP contribution in [0.2, 0.25) is 0 Å². The fourth-order valence-corrected chi connectivity index (χ4v) is 3.77. The van der Waals surface area contributed by atoms with E-state index in [1.807, 2.05) is 30.3 Å².